The maximum Gasteiger partial charge on any atom is 0.315 e. The van der Waals surface area contributed by atoms with E-state index >= 15 is 0 Å². The lowest BCUT2D eigenvalue weighted by atomic mass is 9.91. The van der Waals surface area contributed by atoms with Crippen molar-refractivity contribution >= 4 is 17.8 Å². The van der Waals surface area contributed by atoms with Gasteiger partial charge in [-0.1, -0.05) is 134 Å². The van der Waals surface area contributed by atoms with E-state index in [1.165, 1.54) is 0 Å². The van der Waals surface area contributed by atoms with Crippen LogP contribution < -0.4 is 10.6 Å². The summed E-state index contributed by atoms with van der Waals surface area (Å²) in [5.74, 6) is 0.628. The summed E-state index contributed by atoms with van der Waals surface area (Å²) in [4.78, 5) is 12.4. The Hall–Kier alpha value is -5.33. The minimum atomic E-state index is -0.603. The van der Waals surface area contributed by atoms with Crippen molar-refractivity contribution in [1.82, 2.24) is 30.8 Å². The summed E-state index contributed by atoms with van der Waals surface area (Å²) >= 11 is 1.55. The molecule has 0 saturated carbocycles. The zero-order chi connectivity index (χ0) is 35.7. The van der Waals surface area contributed by atoms with Crippen LogP contribution in [0.2, 0.25) is 0 Å². The molecule has 4 atom stereocenters. The number of aliphatic hydroxyl groups excluding tert-OH is 1. The van der Waals surface area contributed by atoms with Crippen LogP contribution in [0.1, 0.15) is 47.1 Å². The first-order chi connectivity index (χ1) is 25.5. The van der Waals surface area contributed by atoms with Crippen LogP contribution in [0, 0.1) is 5.92 Å². The molecule has 2 amide bonds. The Bertz CT molecular complexity index is 2040. The summed E-state index contributed by atoms with van der Waals surface area (Å²) in [5.41, 5.74) is 7.80. The maximum atomic E-state index is 12.4. The van der Waals surface area contributed by atoms with Crippen molar-refractivity contribution in [2.24, 2.45) is 5.92 Å². The number of amides is 2. The van der Waals surface area contributed by atoms with E-state index in [0.29, 0.717) is 24.0 Å². The summed E-state index contributed by atoms with van der Waals surface area (Å²) < 4.78 is 15.1. The van der Waals surface area contributed by atoms with E-state index < -0.39 is 6.29 Å². The summed E-state index contributed by atoms with van der Waals surface area (Å²) in [7, 11) is 0. The van der Waals surface area contributed by atoms with Gasteiger partial charge >= 0.3 is 6.03 Å². The van der Waals surface area contributed by atoms with Crippen molar-refractivity contribution in [2.75, 3.05) is 5.75 Å². The zero-order valence-corrected chi connectivity index (χ0v) is 29.5. The highest BCUT2D eigenvalue weighted by molar-refractivity contribution is 7.99. The molecule has 1 saturated heterocycles. The standard InChI is InChI=1S/C41H40N6O4S/c1-28-37(27-52-41-44-45-46-47(41)36-13-6-3-7-14-36)50-39(51-38(28)33-17-15-30(26-48)16-18-33)34-21-19-32(20-22-34)35-12-8-11-31(23-35)25-43-40(49)42-24-29-9-4-2-5-10-29/h2-23,28,37-39,48H,24-27H2,1H3,(H2,42,43,49). The number of nitrogens with one attached hydrogen (secondary N) is 2. The van der Waals surface area contributed by atoms with Crippen molar-refractivity contribution in [3.8, 4) is 16.8 Å². The van der Waals surface area contributed by atoms with Crippen LogP contribution in [0.3, 0.4) is 0 Å². The molecule has 1 aromatic heterocycles. The lowest BCUT2D eigenvalue weighted by molar-refractivity contribution is -0.268. The number of hydrogen-bond acceptors (Lipinski definition) is 8. The minimum absolute atomic E-state index is 0.0147. The van der Waals surface area contributed by atoms with E-state index in [4.69, 9.17) is 9.47 Å². The lowest BCUT2D eigenvalue weighted by Gasteiger charge is -2.41. The van der Waals surface area contributed by atoms with Crippen molar-refractivity contribution in [3.05, 3.63) is 161 Å². The van der Waals surface area contributed by atoms with Gasteiger partial charge in [0.25, 0.3) is 0 Å². The number of carbonyl (C=O) groups excluding carboxylic acids is 1. The quantitative estimate of drug-likeness (QED) is 0.112. The molecule has 7 rings (SSSR count). The van der Waals surface area contributed by atoms with Crippen molar-refractivity contribution in [3.63, 3.8) is 0 Å². The Morgan fingerprint density at radius 1 is 0.750 bits per heavy atom. The SMILES string of the molecule is CC1C(CSc2nnnn2-c2ccccc2)OC(c2ccc(-c3cccc(CNC(=O)NCc4ccccc4)c3)cc2)OC1c1ccc(CO)cc1. The topological polar surface area (TPSA) is 123 Å². The molecule has 3 N–H and O–H groups in total. The fraction of sp³-hybridized carbons (Fsp3) is 0.220. The summed E-state index contributed by atoms with van der Waals surface area (Å²) in [6.45, 7) is 3.01. The van der Waals surface area contributed by atoms with Gasteiger partial charge in [-0.3, -0.25) is 0 Å². The minimum Gasteiger partial charge on any atom is -0.392 e. The number of urea groups is 1. The van der Waals surface area contributed by atoms with Gasteiger partial charge < -0.3 is 25.2 Å². The van der Waals surface area contributed by atoms with E-state index in [1.807, 2.05) is 109 Å². The first kappa shape index (κ1) is 35.1. The molecule has 1 aliphatic rings. The number of nitrogens with zero attached hydrogens (tertiary/aromatic N) is 4. The largest absolute Gasteiger partial charge is 0.392 e. The molecule has 2 heterocycles. The van der Waals surface area contributed by atoms with E-state index in [1.54, 1.807) is 16.4 Å². The number of aromatic nitrogens is 4. The van der Waals surface area contributed by atoms with Crippen LogP contribution in [-0.4, -0.2) is 43.2 Å². The molecular weight excluding hydrogens is 673 g/mol. The number of carbonyl (C=O) groups is 1. The first-order valence-electron chi connectivity index (χ1n) is 17.3. The highest BCUT2D eigenvalue weighted by Gasteiger charge is 2.38. The number of rotatable bonds is 12. The summed E-state index contributed by atoms with van der Waals surface area (Å²) in [5, 5.41) is 28.6. The molecule has 0 spiro atoms. The van der Waals surface area contributed by atoms with Gasteiger partial charge in [0.2, 0.25) is 5.16 Å². The zero-order valence-electron chi connectivity index (χ0n) is 28.7. The Labute approximate surface area is 307 Å². The van der Waals surface area contributed by atoms with Crippen molar-refractivity contribution in [2.45, 2.75) is 50.3 Å². The molecule has 0 aliphatic carbocycles. The molecule has 0 radical (unpaired) electrons. The van der Waals surface area contributed by atoms with Gasteiger partial charge in [-0.05, 0) is 62.0 Å². The molecule has 10 nitrogen and oxygen atoms in total. The molecule has 264 valence electrons. The highest BCUT2D eigenvalue weighted by atomic mass is 32.2. The number of hydrogen-bond donors (Lipinski definition) is 3. The third kappa shape index (κ3) is 8.58. The molecular formula is C41H40N6O4S. The molecule has 1 fully saturated rings. The smallest absolute Gasteiger partial charge is 0.315 e. The van der Waals surface area contributed by atoms with E-state index in [2.05, 4.69) is 57.3 Å². The Balaban J connectivity index is 1.04. The second-order valence-corrected chi connectivity index (χ2v) is 13.7. The third-order valence-electron chi connectivity index (χ3n) is 9.13. The van der Waals surface area contributed by atoms with Crippen LogP contribution in [0.25, 0.3) is 16.8 Å². The van der Waals surface area contributed by atoms with Gasteiger partial charge in [-0.2, -0.15) is 4.68 Å². The van der Waals surface area contributed by atoms with Gasteiger partial charge in [0.15, 0.2) is 6.29 Å². The average molecular weight is 713 g/mol. The highest BCUT2D eigenvalue weighted by Crippen LogP contribution is 2.43. The molecule has 52 heavy (non-hydrogen) atoms. The average Bonchev–Trinajstić information content (AvgIpc) is 3.69. The van der Waals surface area contributed by atoms with Gasteiger partial charge in [-0.25, -0.2) is 4.79 Å². The fourth-order valence-corrected chi connectivity index (χ4v) is 7.24. The maximum absolute atomic E-state index is 12.4. The van der Waals surface area contributed by atoms with Crippen LogP contribution in [0.5, 0.6) is 0 Å². The molecule has 0 bridgehead atoms. The summed E-state index contributed by atoms with van der Waals surface area (Å²) in [6.07, 6.45) is -1.02. The number of benzene rings is 5. The number of tetrazole rings is 1. The first-order valence-corrected chi connectivity index (χ1v) is 18.2. The Morgan fingerprint density at radius 2 is 1.42 bits per heavy atom. The van der Waals surface area contributed by atoms with Crippen molar-refractivity contribution in [1.29, 1.82) is 0 Å². The normalized spacial score (nSPS) is 18.5. The third-order valence-corrected chi connectivity index (χ3v) is 10.1. The second-order valence-electron chi connectivity index (χ2n) is 12.7. The van der Waals surface area contributed by atoms with E-state index in [-0.39, 0.29) is 30.8 Å². The molecule has 1 aliphatic heterocycles. The predicted octanol–water partition coefficient (Wildman–Crippen LogP) is 7.40. The van der Waals surface area contributed by atoms with Crippen molar-refractivity contribution < 1.29 is 19.4 Å². The molecule has 11 heteroatoms. The summed E-state index contributed by atoms with van der Waals surface area (Å²) in [6, 6.07) is 43.7. The van der Waals surface area contributed by atoms with E-state index in [9.17, 15) is 9.90 Å². The monoisotopic (exact) mass is 712 g/mol. The Morgan fingerprint density at radius 3 is 2.15 bits per heavy atom. The van der Waals surface area contributed by atoms with Crippen LogP contribution in [-0.2, 0) is 29.2 Å². The number of ether oxygens (including phenoxy) is 2. The van der Waals surface area contributed by atoms with Gasteiger partial charge in [0, 0.05) is 30.3 Å². The van der Waals surface area contributed by atoms with Gasteiger partial charge in [0.05, 0.1) is 24.5 Å². The second kappa shape index (κ2) is 16.8. The molecule has 5 aromatic carbocycles. The molecule has 4 unspecified atom stereocenters. The van der Waals surface area contributed by atoms with Crippen LogP contribution >= 0.6 is 11.8 Å². The fourth-order valence-electron chi connectivity index (χ4n) is 6.18. The van der Waals surface area contributed by atoms with Crippen LogP contribution in [0.4, 0.5) is 4.79 Å². The van der Waals surface area contributed by atoms with Gasteiger partial charge in [-0.15, -0.1) is 5.10 Å². The van der Waals surface area contributed by atoms with Crippen LogP contribution in [0.15, 0.2) is 139 Å². The van der Waals surface area contributed by atoms with E-state index in [0.717, 1.165) is 44.6 Å². The molecule has 6 aromatic rings. The Kier molecular flexibility index (Phi) is 11.3. The number of aliphatic hydroxyl groups is 1. The number of para-hydroxylation sites is 1. The number of thioether (sulfide) groups is 1. The van der Waals surface area contributed by atoms with Gasteiger partial charge in [0.1, 0.15) is 0 Å². The lowest BCUT2D eigenvalue weighted by Crippen LogP contribution is -2.38. The predicted molar refractivity (Wildman–Crippen MR) is 200 cm³/mol.